The number of hydrogen-bond donors (Lipinski definition) is 0. The molecule has 1 aromatic rings. The number of hydrogen-bond acceptors (Lipinski definition) is 2. The van der Waals surface area contributed by atoms with Gasteiger partial charge in [0.2, 0.25) is 0 Å². The molecule has 1 aromatic carbocycles. The molecule has 1 heterocycles. The summed E-state index contributed by atoms with van der Waals surface area (Å²) in [5.41, 5.74) is 1.22. The van der Waals surface area contributed by atoms with Crippen LogP contribution in [0.3, 0.4) is 0 Å². The van der Waals surface area contributed by atoms with E-state index in [1.165, 1.54) is 24.9 Å². The fraction of sp³-hybridized carbons (Fsp3) is 0.588. The van der Waals surface area contributed by atoms with E-state index < -0.39 is 0 Å². The minimum Gasteiger partial charge on any atom is -0.361 e. The molecule has 0 bridgehead atoms. The Morgan fingerprint density at radius 2 is 1.68 bits per heavy atom. The lowest BCUT2D eigenvalue weighted by Gasteiger charge is -2.30. The molecule has 3 rings (SSSR count). The second-order valence-electron chi connectivity index (χ2n) is 5.92. The van der Waals surface area contributed by atoms with Gasteiger partial charge in [-0.2, -0.15) is 0 Å². The van der Waals surface area contributed by atoms with Crippen LogP contribution >= 0.6 is 0 Å². The largest absolute Gasteiger partial charge is 0.361 e. The van der Waals surface area contributed by atoms with Gasteiger partial charge in [-0.15, -0.1) is 0 Å². The molecule has 102 valence electrons. The lowest BCUT2D eigenvalue weighted by Crippen LogP contribution is -2.40. The fourth-order valence-electron chi connectivity index (χ4n) is 3.65. The van der Waals surface area contributed by atoms with Crippen LogP contribution in [0.25, 0.3) is 0 Å². The first kappa shape index (κ1) is 12.7. The van der Waals surface area contributed by atoms with Crippen LogP contribution in [0, 0.1) is 5.92 Å². The summed E-state index contributed by atoms with van der Waals surface area (Å²) in [6.07, 6.45) is 8.25. The molecule has 0 spiro atoms. The van der Waals surface area contributed by atoms with Gasteiger partial charge in [-0.1, -0.05) is 37.5 Å². The maximum atomic E-state index is 12.7. The first-order chi connectivity index (χ1) is 9.36. The van der Waals surface area contributed by atoms with Crippen LogP contribution in [-0.2, 0) is 4.79 Å². The average molecular weight is 257 g/mol. The van der Waals surface area contributed by atoms with Crippen LogP contribution in [0.2, 0.25) is 0 Å². The number of ketones is 1. The van der Waals surface area contributed by atoms with Gasteiger partial charge in [-0.05, 0) is 37.8 Å². The van der Waals surface area contributed by atoms with Crippen LogP contribution in [0.4, 0.5) is 5.69 Å². The maximum absolute atomic E-state index is 12.7. The Bertz CT molecular complexity index is 422. The smallest absolute Gasteiger partial charge is 0.158 e. The zero-order valence-electron chi connectivity index (χ0n) is 11.6. The Balaban J connectivity index is 1.74. The second kappa shape index (κ2) is 5.77. The van der Waals surface area contributed by atoms with Crippen molar-refractivity contribution in [3.8, 4) is 0 Å². The van der Waals surface area contributed by atoms with Crippen molar-refractivity contribution in [2.75, 3.05) is 11.4 Å². The zero-order chi connectivity index (χ0) is 13.1. The highest BCUT2D eigenvalue weighted by atomic mass is 16.1. The van der Waals surface area contributed by atoms with Crippen LogP contribution in [0.1, 0.15) is 44.9 Å². The second-order valence-corrected chi connectivity index (χ2v) is 5.92. The normalized spacial score (nSPS) is 24.6. The van der Waals surface area contributed by atoms with Gasteiger partial charge in [-0.3, -0.25) is 4.79 Å². The van der Waals surface area contributed by atoms with Crippen molar-refractivity contribution in [1.29, 1.82) is 0 Å². The lowest BCUT2D eigenvalue weighted by molar-refractivity contribution is -0.124. The van der Waals surface area contributed by atoms with Crippen LogP contribution in [0.5, 0.6) is 0 Å². The topological polar surface area (TPSA) is 20.3 Å². The third-order valence-electron chi connectivity index (χ3n) is 4.68. The highest BCUT2D eigenvalue weighted by Gasteiger charge is 2.35. The summed E-state index contributed by atoms with van der Waals surface area (Å²) < 4.78 is 0. The number of anilines is 1. The first-order valence-electron chi connectivity index (χ1n) is 7.71. The van der Waals surface area contributed by atoms with Gasteiger partial charge in [0, 0.05) is 18.2 Å². The van der Waals surface area contributed by atoms with Crippen molar-refractivity contribution >= 4 is 11.5 Å². The number of carbonyl (C=O) groups is 1. The minimum absolute atomic E-state index is 0.144. The molecule has 2 fully saturated rings. The van der Waals surface area contributed by atoms with E-state index in [0.29, 0.717) is 11.7 Å². The summed E-state index contributed by atoms with van der Waals surface area (Å²) in [5.74, 6) is 0.851. The number of benzene rings is 1. The molecule has 1 saturated carbocycles. The molecule has 1 saturated heterocycles. The third-order valence-corrected chi connectivity index (χ3v) is 4.68. The number of rotatable bonds is 3. The average Bonchev–Trinajstić information content (AvgIpc) is 2.98. The van der Waals surface area contributed by atoms with Gasteiger partial charge < -0.3 is 4.90 Å². The molecule has 1 aliphatic carbocycles. The van der Waals surface area contributed by atoms with E-state index in [4.69, 9.17) is 0 Å². The molecule has 0 amide bonds. The molecule has 1 aliphatic heterocycles. The van der Waals surface area contributed by atoms with Gasteiger partial charge in [0.25, 0.3) is 0 Å². The number of Topliss-reactive ketones (excluding diaryl/α,β-unsaturated/α-hetero) is 1. The summed E-state index contributed by atoms with van der Waals surface area (Å²) in [6, 6.07) is 10.6. The highest BCUT2D eigenvalue weighted by molar-refractivity contribution is 5.89. The molecular formula is C17H23NO. The minimum atomic E-state index is 0.144. The van der Waals surface area contributed by atoms with Gasteiger partial charge in [0.1, 0.15) is 0 Å². The SMILES string of the molecule is O=C(C1CCCCC1)C1CCCN1c1ccccc1. The Morgan fingerprint density at radius 3 is 2.42 bits per heavy atom. The van der Waals surface area contributed by atoms with Gasteiger partial charge in [0.15, 0.2) is 5.78 Å². The Labute approximate surface area is 115 Å². The van der Waals surface area contributed by atoms with E-state index in [1.54, 1.807) is 0 Å². The number of para-hydroxylation sites is 1. The van der Waals surface area contributed by atoms with Gasteiger partial charge in [-0.25, -0.2) is 0 Å². The monoisotopic (exact) mass is 257 g/mol. The van der Waals surface area contributed by atoms with Crippen molar-refractivity contribution in [2.45, 2.75) is 51.0 Å². The predicted molar refractivity (Wildman–Crippen MR) is 78.4 cm³/mol. The van der Waals surface area contributed by atoms with Crippen LogP contribution < -0.4 is 4.90 Å². The van der Waals surface area contributed by atoms with E-state index in [0.717, 1.165) is 32.2 Å². The van der Waals surface area contributed by atoms with Crippen LogP contribution in [-0.4, -0.2) is 18.4 Å². The molecule has 19 heavy (non-hydrogen) atoms. The van der Waals surface area contributed by atoms with E-state index in [9.17, 15) is 4.79 Å². The van der Waals surface area contributed by atoms with Crippen molar-refractivity contribution in [1.82, 2.24) is 0 Å². The van der Waals surface area contributed by atoms with E-state index in [1.807, 2.05) is 6.07 Å². The predicted octanol–water partition coefficient (Wildman–Crippen LogP) is 3.80. The van der Waals surface area contributed by atoms with E-state index in [-0.39, 0.29) is 6.04 Å². The van der Waals surface area contributed by atoms with Gasteiger partial charge >= 0.3 is 0 Å². The molecule has 2 nitrogen and oxygen atoms in total. The zero-order valence-corrected chi connectivity index (χ0v) is 11.6. The summed E-state index contributed by atoms with van der Waals surface area (Å²) in [4.78, 5) is 15.1. The van der Waals surface area contributed by atoms with Crippen LogP contribution in [0.15, 0.2) is 30.3 Å². The number of carbonyl (C=O) groups excluding carboxylic acids is 1. The Kier molecular flexibility index (Phi) is 3.86. The summed E-state index contributed by atoms with van der Waals surface area (Å²) in [5, 5.41) is 0. The molecule has 2 heteroatoms. The fourth-order valence-corrected chi connectivity index (χ4v) is 3.65. The standard InChI is InChI=1S/C17H23NO/c19-17(14-8-3-1-4-9-14)16-12-7-13-18(16)15-10-5-2-6-11-15/h2,5-6,10-11,14,16H,1,3-4,7-9,12-13H2. The molecule has 1 atom stereocenters. The van der Waals surface area contributed by atoms with Crippen molar-refractivity contribution in [3.05, 3.63) is 30.3 Å². The Hall–Kier alpha value is -1.31. The summed E-state index contributed by atoms with van der Waals surface area (Å²) in [6.45, 7) is 1.03. The molecule has 0 aromatic heterocycles. The molecule has 0 radical (unpaired) electrons. The molecule has 0 N–H and O–H groups in total. The molecule has 2 aliphatic rings. The van der Waals surface area contributed by atoms with Crippen molar-refractivity contribution in [3.63, 3.8) is 0 Å². The molecule has 1 unspecified atom stereocenters. The first-order valence-corrected chi connectivity index (χ1v) is 7.71. The lowest BCUT2D eigenvalue weighted by atomic mass is 9.83. The van der Waals surface area contributed by atoms with Crippen molar-refractivity contribution in [2.24, 2.45) is 5.92 Å². The Morgan fingerprint density at radius 1 is 0.947 bits per heavy atom. The highest BCUT2D eigenvalue weighted by Crippen LogP contribution is 2.32. The number of nitrogens with zero attached hydrogens (tertiary/aromatic N) is 1. The van der Waals surface area contributed by atoms with Crippen molar-refractivity contribution < 1.29 is 4.79 Å². The molecular weight excluding hydrogens is 234 g/mol. The maximum Gasteiger partial charge on any atom is 0.158 e. The third kappa shape index (κ3) is 2.68. The van der Waals surface area contributed by atoms with Gasteiger partial charge in [0.05, 0.1) is 6.04 Å². The quantitative estimate of drug-likeness (QED) is 0.820. The summed E-state index contributed by atoms with van der Waals surface area (Å²) in [7, 11) is 0. The van der Waals surface area contributed by atoms with E-state index >= 15 is 0 Å². The summed E-state index contributed by atoms with van der Waals surface area (Å²) >= 11 is 0. The van der Waals surface area contributed by atoms with E-state index in [2.05, 4.69) is 29.2 Å².